The van der Waals surface area contributed by atoms with Crippen molar-refractivity contribution in [1.82, 2.24) is 4.98 Å². The SMILES string of the molecule is Cc1ccc2nc3c(cc2c1)CCCN3Cc1ccccc1. The van der Waals surface area contributed by atoms with Crippen LogP contribution in [-0.4, -0.2) is 11.5 Å². The number of hydrogen-bond donors (Lipinski definition) is 0. The Kier molecular flexibility index (Phi) is 3.30. The van der Waals surface area contributed by atoms with E-state index in [9.17, 15) is 0 Å². The maximum Gasteiger partial charge on any atom is 0.132 e. The number of aryl methyl sites for hydroxylation is 2. The maximum absolute atomic E-state index is 4.96. The monoisotopic (exact) mass is 288 g/mol. The molecule has 0 saturated carbocycles. The summed E-state index contributed by atoms with van der Waals surface area (Å²) < 4.78 is 0. The van der Waals surface area contributed by atoms with E-state index in [2.05, 4.69) is 66.4 Å². The fourth-order valence-electron chi connectivity index (χ4n) is 3.31. The summed E-state index contributed by atoms with van der Waals surface area (Å²) >= 11 is 0. The smallest absolute Gasteiger partial charge is 0.132 e. The van der Waals surface area contributed by atoms with Gasteiger partial charge in [0.25, 0.3) is 0 Å². The molecule has 0 N–H and O–H groups in total. The molecule has 2 heterocycles. The molecule has 0 fully saturated rings. The Balaban J connectivity index is 1.75. The maximum atomic E-state index is 4.96. The zero-order valence-corrected chi connectivity index (χ0v) is 12.9. The summed E-state index contributed by atoms with van der Waals surface area (Å²) in [6.07, 6.45) is 2.34. The van der Waals surface area contributed by atoms with Gasteiger partial charge in [-0.25, -0.2) is 4.98 Å². The molecule has 0 amide bonds. The normalized spacial score (nSPS) is 14.1. The zero-order valence-electron chi connectivity index (χ0n) is 12.9. The summed E-state index contributed by atoms with van der Waals surface area (Å²) in [4.78, 5) is 7.38. The highest BCUT2D eigenvalue weighted by molar-refractivity contribution is 5.82. The molecule has 3 aromatic rings. The standard InChI is InChI=1S/C20H20N2/c1-15-9-10-19-18(12-15)13-17-8-5-11-22(20(17)21-19)14-16-6-3-2-4-7-16/h2-4,6-7,9-10,12-13H,5,8,11,14H2,1H3. The Hall–Kier alpha value is -2.35. The number of pyridine rings is 1. The molecule has 0 unspecified atom stereocenters. The minimum atomic E-state index is 0.943. The number of nitrogens with zero attached hydrogens (tertiary/aromatic N) is 2. The molecule has 22 heavy (non-hydrogen) atoms. The van der Waals surface area contributed by atoms with Gasteiger partial charge in [0.15, 0.2) is 0 Å². The van der Waals surface area contributed by atoms with Crippen molar-refractivity contribution in [2.75, 3.05) is 11.4 Å². The molecule has 1 aromatic heterocycles. The average molecular weight is 288 g/mol. The van der Waals surface area contributed by atoms with Crippen LogP contribution in [0.1, 0.15) is 23.1 Å². The van der Waals surface area contributed by atoms with Crippen molar-refractivity contribution in [3.63, 3.8) is 0 Å². The first kappa shape index (κ1) is 13.3. The molecule has 1 aliphatic heterocycles. The summed E-state index contributed by atoms with van der Waals surface area (Å²) in [6.45, 7) is 4.17. The van der Waals surface area contributed by atoms with E-state index in [0.717, 1.165) is 25.0 Å². The summed E-state index contributed by atoms with van der Waals surface area (Å²) in [5.74, 6) is 1.17. The van der Waals surface area contributed by atoms with Crippen molar-refractivity contribution in [1.29, 1.82) is 0 Å². The van der Waals surface area contributed by atoms with Crippen molar-refractivity contribution in [3.05, 3.63) is 71.3 Å². The lowest BCUT2D eigenvalue weighted by atomic mass is 10.0. The summed E-state index contributed by atoms with van der Waals surface area (Å²) in [6, 6.07) is 19.5. The molecule has 0 spiro atoms. The summed E-state index contributed by atoms with van der Waals surface area (Å²) in [5.41, 5.74) is 5.14. The lowest BCUT2D eigenvalue weighted by Crippen LogP contribution is -2.29. The number of fused-ring (bicyclic) bond motifs is 2. The van der Waals surface area contributed by atoms with Gasteiger partial charge in [0.2, 0.25) is 0 Å². The molecule has 2 heteroatoms. The van der Waals surface area contributed by atoms with E-state index in [4.69, 9.17) is 4.98 Å². The Morgan fingerprint density at radius 2 is 1.91 bits per heavy atom. The molecule has 110 valence electrons. The molecule has 0 atom stereocenters. The van der Waals surface area contributed by atoms with Crippen LogP contribution in [0.3, 0.4) is 0 Å². The van der Waals surface area contributed by atoms with Crippen molar-refractivity contribution in [2.24, 2.45) is 0 Å². The second-order valence-corrected chi connectivity index (χ2v) is 6.18. The van der Waals surface area contributed by atoms with E-state index in [1.807, 2.05) is 0 Å². The summed E-state index contributed by atoms with van der Waals surface area (Å²) in [7, 11) is 0. The van der Waals surface area contributed by atoms with Gasteiger partial charge >= 0.3 is 0 Å². The van der Waals surface area contributed by atoms with Crippen LogP contribution in [0.2, 0.25) is 0 Å². The first-order chi connectivity index (χ1) is 10.8. The van der Waals surface area contributed by atoms with E-state index in [1.165, 1.54) is 34.3 Å². The van der Waals surface area contributed by atoms with Crippen molar-refractivity contribution >= 4 is 16.7 Å². The Morgan fingerprint density at radius 3 is 2.77 bits per heavy atom. The average Bonchev–Trinajstić information content (AvgIpc) is 2.54. The molecule has 4 rings (SSSR count). The molecule has 0 saturated heterocycles. The van der Waals surface area contributed by atoms with Crippen LogP contribution in [0.25, 0.3) is 10.9 Å². The first-order valence-electron chi connectivity index (χ1n) is 7.99. The molecule has 0 bridgehead atoms. The largest absolute Gasteiger partial charge is 0.352 e. The van der Waals surface area contributed by atoms with Crippen LogP contribution < -0.4 is 4.90 Å². The molecule has 2 aromatic carbocycles. The van der Waals surface area contributed by atoms with Crippen LogP contribution in [-0.2, 0) is 13.0 Å². The Bertz CT molecular complexity index is 809. The number of benzene rings is 2. The first-order valence-corrected chi connectivity index (χ1v) is 7.99. The molecule has 0 radical (unpaired) electrons. The van der Waals surface area contributed by atoms with E-state index in [-0.39, 0.29) is 0 Å². The van der Waals surface area contributed by atoms with Crippen LogP contribution >= 0.6 is 0 Å². The molecule has 2 nitrogen and oxygen atoms in total. The van der Waals surface area contributed by atoms with Crippen molar-refractivity contribution in [3.8, 4) is 0 Å². The second-order valence-electron chi connectivity index (χ2n) is 6.18. The lowest BCUT2D eigenvalue weighted by Gasteiger charge is -2.30. The molecular formula is C20H20N2. The van der Waals surface area contributed by atoms with E-state index in [1.54, 1.807) is 0 Å². The van der Waals surface area contributed by atoms with E-state index < -0.39 is 0 Å². The van der Waals surface area contributed by atoms with Crippen LogP contribution in [0.4, 0.5) is 5.82 Å². The minimum Gasteiger partial charge on any atom is -0.352 e. The quantitative estimate of drug-likeness (QED) is 0.690. The molecular weight excluding hydrogens is 268 g/mol. The topological polar surface area (TPSA) is 16.1 Å². The molecule has 0 aliphatic carbocycles. The van der Waals surface area contributed by atoms with Gasteiger partial charge in [-0.1, -0.05) is 42.0 Å². The fraction of sp³-hybridized carbons (Fsp3) is 0.250. The van der Waals surface area contributed by atoms with Gasteiger partial charge in [-0.05, 0) is 49.1 Å². The van der Waals surface area contributed by atoms with E-state index >= 15 is 0 Å². The Morgan fingerprint density at radius 1 is 1.05 bits per heavy atom. The van der Waals surface area contributed by atoms with Gasteiger partial charge in [-0.15, -0.1) is 0 Å². The van der Waals surface area contributed by atoms with Crippen molar-refractivity contribution < 1.29 is 0 Å². The van der Waals surface area contributed by atoms with Gasteiger partial charge in [0.1, 0.15) is 5.82 Å². The van der Waals surface area contributed by atoms with Gasteiger partial charge < -0.3 is 4.90 Å². The number of hydrogen-bond acceptors (Lipinski definition) is 2. The number of anilines is 1. The second kappa shape index (κ2) is 5.45. The third-order valence-corrected chi connectivity index (χ3v) is 4.42. The van der Waals surface area contributed by atoms with Crippen LogP contribution in [0.15, 0.2) is 54.6 Å². The highest BCUT2D eigenvalue weighted by Gasteiger charge is 2.19. The lowest BCUT2D eigenvalue weighted by molar-refractivity contribution is 0.681. The predicted molar refractivity (Wildman–Crippen MR) is 92.3 cm³/mol. The van der Waals surface area contributed by atoms with Gasteiger partial charge in [-0.2, -0.15) is 0 Å². The fourth-order valence-corrected chi connectivity index (χ4v) is 3.31. The third kappa shape index (κ3) is 2.45. The van der Waals surface area contributed by atoms with Gasteiger partial charge in [0.05, 0.1) is 5.52 Å². The van der Waals surface area contributed by atoms with Crippen LogP contribution in [0.5, 0.6) is 0 Å². The summed E-state index contributed by atoms with van der Waals surface area (Å²) in [5, 5.41) is 1.26. The highest BCUT2D eigenvalue weighted by atomic mass is 15.2. The Labute approximate surface area is 131 Å². The third-order valence-electron chi connectivity index (χ3n) is 4.42. The van der Waals surface area contributed by atoms with Crippen molar-refractivity contribution in [2.45, 2.75) is 26.3 Å². The number of aromatic nitrogens is 1. The minimum absolute atomic E-state index is 0.943. The van der Waals surface area contributed by atoms with E-state index in [0.29, 0.717) is 0 Å². The predicted octanol–water partition coefficient (Wildman–Crippen LogP) is 4.50. The van der Waals surface area contributed by atoms with Crippen LogP contribution in [0, 0.1) is 6.92 Å². The number of rotatable bonds is 2. The zero-order chi connectivity index (χ0) is 14.9. The van der Waals surface area contributed by atoms with Gasteiger partial charge in [0, 0.05) is 18.5 Å². The molecule has 1 aliphatic rings. The highest BCUT2D eigenvalue weighted by Crippen LogP contribution is 2.30. The van der Waals surface area contributed by atoms with Gasteiger partial charge in [-0.3, -0.25) is 0 Å².